The van der Waals surface area contributed by atoms with Gasteiger partial charge in [-0.25, -0.2) is 13.9 Å². The molecule has 2 aliphatic carbocycles. The average Bonchev–Trinajstić information content (AvgIpc) is 3.76. The van der Waals surface area contributed by atoms with Crippen LogP contribution in [0.5, 0.6) is 0 Å². The molecule has 4 atom stereocenters. The first-order valence-corrected chi connectivity index (χ1v) is 19.0. The van der Waals surface area contributed by atoms with Gasteiger partial charge in [-0.2, -0.15) is 0 Å². The molecule has 1 unspecified atom stereocenters. The van der Waals surface area contributed by atoms with Gasteiger partial charge in [0.15, 0.2) is 0 Å². The first-order valence-electron chi connectivity index (χ1n) is 14.1. The first-order chi connectivity index (χ1) is 17.8. The lowest BCUT2D eigenvalue weighted by Crippen LogP contribution is -2.41. The van der Waals surface area contributed by atoms with Crippen molar-refractivity contribution < 1.29 is 18.4 Å². The molecule has 38 heavy (non-hydrogen) atoms. The Morgan fingerprint density at radius 2 is 1.87 bits per heavy atom. The molecule has 0 spiro atoms. The van der Waals surface area contributed by atoms with E-state index in [9.17, 15) is 4.21 Å². The third-order valence-electron chi connectivity index (χ3n) is 6.95. The molecule has 8 nitrogen and oxygen atoms in total. The van der Waals surface area contributed by atoms with Crippen LogP contribution in [0.25, 0.3) is 11.0 Å². The summed E-state index contributed by atoms with van der Waals surface area (Å²) in [4.78, 5) is 5.09. The topological polar surface area (TPSA) is 101 Å². The molecule has 2 aliphatic rings. The van der Waals surface area contributed by atoms with Gasteiger partial charge in [0.25, 0.3) is 0 Å². The zero-order chi connectivity index (χ0) is 27.7. The fourth-order valence-electron chi connectivity index (χ4n) is 4.11. The Labute approximate surface area is 232 Å². The van der Waals surface area contributed by atoms with Crippen molar-refractivity contribution in [2.45, 2.75) is 121 Å². The van der Waals surface area contributed by atoms with Crippen LogP contribution in [-0.4, -0.2) is 58.1 Å². The van der Waals surface area contributed by atoms with E-state index in [1.165, 1.54) is 0 Å². The fourth-order valence-corrected chi connectivity index (χ4v) is 5.75. The molecule has 1 heterocycles. The zero-order valence-electron chi connectivity index (χ0n) is 24.3. The van der Waals surface area contributed by atoms with Crippen molar-refractivity contribution in [2.24, 2.45) is 5.73 Å². The second kappa shape index (κ2) is 12.2. The fraction of sp³-hybridized carbons (Fsp3) is 0.750. The standard InChI is InChI=1S/C28H48N4O4SSi/c1-19(36-22-11-12-22)26(31-37(33)28(2,3)4)27-30-24-16-20(23(29)17-35-21-9-10-21)8-13-25(24)32(27)18-34-14-15-38(5,6)7/h8,13,16,19,21-23,26,31H,9-12,14-15,17-18,29H2,1-7H3/t19-,23-,26+,37?/m1/s1. The maximum Gasteiger partial charge on any atom is 0.132 e. The highest BCUT2D eigenvalue weighted by Gasteiger charge is 2.35. The predicted octanol–water partition coefficient (Wildman–Crippen LogP) is 5.19. The summed E-state index contributed by atoms with van der Waals surface area (Å²) >= 11 is 0. The molecule has 0 bridgehead atoms. The molecule has 2 aromatic rings. The monoisotopic (exact) mass is 564 g/mol. The molecular weight excluding hydrogens is 516 g/mol. The molecule has 1 aromatic carbocycles. The summed E-state index contributed by atoms with van der Waals surface area (Å²) in [7, 11) is -2.52. The van der Waals surface area contributed by atoms with E-state index in [1.54, 1.807) is 0 Å². The molecule has 214 valence electrons. The van der Waals surface area contributed by atoms with Gasteiger partial charge in [-0.3, -0.25) is 0 Å². The predicted molar refractivity (Wildman–Crippen MR) is 157 cm³/mol. The number of nitrogens with zero attached hydrogens (tertiary/aromatic N) is 2. The van der Waals surface area contributed by atoms with Gasteiger partial charge in [-0.05, 0) is 77.1 Å². The molecule has 0 amide bonds. The van der Waals surface area contributed by atoms with Gasteiger partial charge in [0.1, 0.15) is 18.6 Å². The molecule has 0 radical (unpaired) electrons. The van der Waals surface area contributed by atoms with Crippen molar-refractivity contribution in [3.63, 3.8) is 0 Å². The largest absolute Gasteiger partial charge is 0.376 e. The van der Waals surface area contributed by atoms with Crippen LogP contribution in [0.15, 0.2) is 18.2 Å². The summed E-state index contributed by atoms with van der Waals surface area (Å²) < 4.78 is 36.7. The second-order valence-corrected chi connectivity index (χ2v) is 20.8. The highest BCUT2D eigenvalue weighted by atomic mass is 32.2. The van der Waals surface area contributed by atoms with Crippen LogP contribution < -0.4 is 10.5 Å². The normalized spacial score (nSPS) is 20.0. The van der Waals surface area contributed by atoms with E-state index in [0.29, 0.717) is 26.0 Å². The third kappa shape index (κ3) is 8.43. The van der Waals surface area contributed by atoms with Crippen molar-refractivity contribution in [3.8, 4) is 0 Å². The highest BCUT2D eigenvalue weighted by molar-refractivity contribution is 7.84. The zero-order valence-corrected chi connectivity index (χ0v) is 26.1. The lowest BCUT2D eigenvalue weighted by Gasteiger charge is -2.28. The molecule has 2 saturated carbocycles. The number of ether oxygens (including phenoxy) is 3. The third-order valence-corrected chi connectivity index (χ3v) is 10.2. The Hall–Kier alpha value is -1.14. The van der Waals surface area contributed by atoms with Crippen LogP contribution in [0.1, 0.15) is 76.8 Å². The summed E-state index contributed by atoms with van der Waals surface area (Å²) in [6.07, 6.45) is 4.82. The lowest BCUT2D eigenvalue weighted by molar-refractivity contribution is 0.0258. The van der Waals surface area contributed by atoms with Crippen molar-refractivity contribution in [2.75, 3.05) is 13.2 Å². The minimum absolute atomic E-state index is 0.207. The summed E-state index contributed by atoms with van der Waals surface area (Å²) in [5, 5.41) is 0. The van der Waals surface area contributed by atoms with Gasteiger partial charge in [0.2, 0.25) is 0 Å². The number of benzene rings is 1. The van der Waals surface area contributed by atoms with Crippen molar-refractivity contribution >= 4 is 30.1 Å². The van der Waals surface area contributed by atoms with E-state index >= 15 is 0 Å². The quantitative estimate of drug-likeness (QED) is 0.228. The molecule has 10 heteroatoms. The number of nitrogens with two attached hydrogens (primary N) is 1. The van der Waals surface area contributed by atoms with Gasteiger partial charge < -0.3 is 24.5 Å². The Kier molecular flexibility index (Phi) is 9.55. The second-order valence-electron chi connectivity index (χ2n) is 13.2. The maximum atomic E-state index is 13.3. The number of fused-ring (bicyclic) bond motifs is 1. The summed E-state index contributed by atoms with van der Waals surface area (Å²) in [6, 6.07) is 6.71. The number of nitrogens with one attached hydrogen (secondary N) is 1. The summed E-state index contributed by atoms with van der Waals surface area (Å²) in [5.74, 6) is 0.777. The van der Waals surface area contributed by atoms with Gasteiger partial charge in [-0.15, -0.1) is 0 Å². The maximum absolute atomic E-state index is 13.3. The minimum atomic E-state index is -1.30. The Morgan fingerprint density at radius 3 is 2.47 bits per heavy atom. The number of hydrogen-bond acceptors (Lipinski definition) is 6. The van der Waals surface area contributed by atoms with E-state index in [-0.39, 0.29) is 24.3 Å². The van der Waals surface area contributed by atoms with Crippen LogP contribution >= 0.6 is 0 Å². The van der Waals surface area contributed by atoms with Crippen molar-refractivity contribution in [3.05, 3.63) is 29.6 Å². The van der Waals surface area contributed by atoms with Crippen molar-refractivity contribution in [1.82, 2.24) is 14.3 Å². The van der Waals surface area contributed by atoms with Gasteiger partial charge in [-0.1, -0.05) is 25.7 Å². The molecule has 4 rings (SSSR count). The molecule has 3 N–H and O–H groups in total. The van der Waals surface area contributed by atoms with Crippen LogP contribution in [-0.2, 0) is 31.9 Å². The number of rotatable bonds is 15. The minimum Gasteiger partial charge on any atom is -0.376 e. The van der Waals surface area contributed by atoms with E-state index in [1.807, 2.05) is 27.7 Å². The van der Waals surface area contributed by atoms with Gasteiger partial charge >= 0.3 is 0 Å². The highest BCUT2D eigenvalue weighted by Crippen LogP contribution is 2.32. The van der Waals surface area contributed by atoms with Crippen LogP contribution in [0.3, 0.4) is 0 Å². The molecule has 0 saturated heterocycles. The van der Waals surface area contributed by atoms with Crippen LogP contribution in [0.2, 0.25) is 25.7 Å². The average molecular weight is 565 g/mol. The molecule has 2 fully saturated rings. The summed E-state index contributed by atoms with van der Waals surface area (Å²) in [5.41, 5.74) is 9.29. The van der Waals surface area contributed by atoms with E-state index in [0.717, 1.165) is 54.1 Å². The Morgan fingerprint density at radius 1 is 1.18 bits per heavy atom. The lowest BCUT2D eigenvalue weighted by atomic mass is 10.1. The van der Waals surface area contributed by atoms with E-state index < -0.39 is 23.8 Å². The van der Waals surface area contributed by atoms with E-state index in [2.05, 4.69) is 47.1 Å². The van der Waals surface area contributed by atoms with Gasteiger partial charge in [0.05, 0.1) is 57.7 Å². The van der Waals surface area contributed by atoms with Crippen molar-refractivity contribution in [1.29, 1.82) is 0 Å². The summed E-state index contributed by atoms with van der Waals surface area (Å²) in [6.45, 7) is 16.6. The van der Waals surface area contributed by atoms with Crippen LogP contribution in [0, 0.1) is 0 Å². The SMILES string of the molecule is C[C@@H](OC1CC1)[C@H](NS(=O)C(C)(C)C)c1nc2cc([C@H](N)COC3CC3)ccc2n1COCC[Si](C)(C)C. The Bertz CT molecular complexity index is 1100. The number of hydrogen-bond donors (Lipinski definition) is 2. The van der Waals surface area contributed by atoms with Crippen LogP contribution in [0.4, 0.5) is 0 Å². The molecule has 1 aromatic heterocycles. The number of aromatic nitrogens is 2. The molecular formula is C28H48N4O4SSi. The first kappa shape index (κ1) is 29.8. The van der Waals surface area contributed by atoms with E-state index in [4.69, 9.17) is 24.9 Å². The van der Waals surface area contributed by atoms with Gasteiger partial charge in [0, 0.05) is 14.7 Å². The smallest absolute Gasteiger partial charge is 0.132 e. The Balaban J connectivity index is 1.66. The number of imidazole rings is 1. The molecule has 0 aliphatic heterocycles.